The van der Waals surface area contributed by atoms with E-state index in [1.165, 1.54) is 24.0 Å². The Bertz CT molecular complexity index is 848. The second kappa shape index (κ2) is 9.78. The van der Waals surface area contributed by atoms with Crippen molar-refractivity contribution >= 4 is 29.9 Å². The molecule has 4 rings (SSSR count). The van der Waals surface area contributed by atoms with E-state index in [0.29, 0.717) is 6.54 Å². The average molecular weight is 506 g/mol. The zero-order chi connectivity index (χ0) is 19.4. The van der Waals surface area contributed by atoms with Gasteiger partial charge in [0.15, 0.2) is 5.96 Å². The van der Waals surface area contributed by atoms with Crippen LogP contribution >= 0.6 is 24.0 Å². The second-order valence-corrected chi connectivity index (χ2v) is 7.89. The SMILES string of the molecule is CCNC(=NCc1ncccc1C)NC1CC2(CCCC2)Oc2ccccc21.I. The molecule has 1 spiro atoms. The zero-order valence-corrected chi connectivity index (χ0v) is 19.6. The van der Waals surface area contributed by atoms with Crippen LogP contribution in [0, 0.1) is 6.92 Å². The van der Waals surface area contributed by atoms with Crippen molar-refractivity contribution in [1.29, 1.82) is 0 Å². The number of fused-ring (bicyclic) bond motifs is 1. The lowest BCUT2D eigenvalue weighted by atomic mass is 9.86. The lowest BCUT2D eigenvalue weighted by Gasteiger charge is -2.40. The summed E-state index contributed by atoms with van der Waals surface area (Å²) in [5.74, 6) is 1.85. The first-order valence-electron chi connectivity index (χ1n) is 10.4. The van der Waals surface area contributed by atoms with Gasteiger partial charge in [0.25, 0.3) is 0 Å². The molecule has 2 aliphatic rings. The number of hydrogen-bond acceptors (Lipinski definition) is 3. The highest BCUT2D eigenvalue weighted by atomic mass is 127. The number of guanidine groups is 1. The number of ether oxygens (including phenoxy) is 1. The van der Waals surface area contributed by atoms with E-state index in [4.69, 9.17) is 9.73 Å². The highest BCUT2D eigenvalue weighted by molar-refractivity contribution is 14.0. The molecule has 2 N–H and O–H groups in total. The lowest BCUT2D eigenvalue weighted by Crippen LogP contribution is -2.46. The predicted molar refractivity (Wildman–Crippen MR) is 128 cm³/mol. The minimum Gasteiger partial charge on any atom is -0.487 e. The Morgan fingerprint density at radius 1 is 1.21 bits per heavy atom. The molecular weight excluding hydrogens is 475 g/mol. The minimum atomic E-state index is -0.0269. The zero-order valence-electron chi connectivity index (χ0n) is 17.3. The third kappa shape index (κ3) is 5.02. The molecular formula is C23H31IN4O. The van der Waals surface area contributed by atoms with Gasteiger partial charge in [0.05, 0.1) is 18.3 Å². The van der Waals surface area contributed by atoms with Gasteiger partial charge >= 0.3 is 0 Å². The fraction of sp³-hybridized carbons (Fsp3) is 0.478. The normalized spacial score (nSPS) is 19.8. The fourth-order valence-electron chi connectivity index (χ4n) is 4.40. The van der Waals surface area contributed by atoms with Crippen LogP contribution < -0.4 is 15.4 Å². The Kier molecular flexibility index (Phi) is 7.38. The van der Waals surface area contributed by atoms with Crippen molar-refractivity contribution in [1.82, 2.24) is 15.6 Å². The Hall–Kier alpha value is -1.83. The summed E-state index contributed by atoms with van der Waals surface area (Å²) < 4.78 is 6.49. The molecule has 1 aromatic heterocycles. The molecule has 156 valence electrons. The predicted octanol–water partition coefficient (Wildman–Crippen LogP) is 4.90. The molecule has 1 aliphatic heterocycles. The maximum atomic E-state index is 6.49. The molecule has 0 bridgehead atoms. The summed E-state index contributed by atoms with van der Waals surface area (Å²) in [5, 5.41) is 7.08. The molecule has 1 saturated carbocycles. The third-order valence-electron chi connectivity index (χ3n) is 5.87. The van der Waals surface area contributed by atoms with E-state index >= 15 is 0 Å². The number of aryl methyl sites for hydroxylation is 1. The Labute approximate surface area is 190 Å². The Balaban J connectivity index is 0.00000240. The van der Waals surface area contributed by atoms with E-state index in [2.05, 4.69) is 59.8 Å². The smallest absolute Gasteiger partial charge is 0.192 e. The van der Waals surface area contributed by atoms with Gasteiger partial charge in [0.1, 0.15) is 11.4 Å². The molecule has 5 nitrogen and oxygen atoms in total. The summed E-state index contributed by atoms with van der Waals surface area (Å²) in [4.78, 5) is 9.29. The number of hydrogen-bond donors (Lipinski definition) is 2. The molecule has 2 aromatic rings. The van der Waals surface area contributed by atoms with Gasteiger partial charge in [-0.15, -0.1) is 24.0 Å². The van der Waals surface area contributed by atoms with E-state index in [0.717, 1.165) is 43.2 Å². The van der Waals surface area contributed by atoms with Gasteiger partial charge in [0.2, 0.25) is 0 Å². The highest BCUT2D eigenvalue weighted by Gasteiger charge is 2.43. The number of aliphatic imine (C=N–C) groups is 1. The molecule has 6 heteroatoms. The largest absolute Gasteiger partial charge is 0.487 e. The molecule has 2 heterocycles. The highest BCUT2D eigenvalue weighted by Crippen LogP contribution is 2.46. The van der Waals surface area contributed by atoms with Crippen LogP contribution in [0.4, 0.5) is 0 Å². The van der Waals surface area contributed by atoms with Crippen LogP contribution in [0.15, 0.2) is 47.6 Å². The summed E-state index contributed by atoms with van der Waals surface area (Å²) in [6, 6.07) is 12.7. The summed E-state index contributed by atoms with van der Waals surface area (Å²) in [6.45, 7) is 5.57. The van der Waals surface area contributed by atoms with Crippen LogP contribution in [0.2, 0.25) is 0 Å². The number of benzene rings is 1. The number of pyridine rings is 1. The van der Waals surface area contributed by atoms with Crippen LogP contribution in [-0.2, 0) is 6.54 Å². The number of nitrogens with zero attached hydrogens (tertiary/aromatic N) is 2. The second-order valence-electron chi connectivity index (χ2n) is 7.89. The van der Waals surface area contributed by atoms with Crippen molar-refractivity contribution in [3.8, 4) is 5.75 Å². The van der Waals surface area contributed by atoms with E-state index in [-0.39, 0.29) is 35.6 Å². The Morgan fingerprint density at radius 2 is 2.00 bits per heavy atom. The summed E-state index contributed by atoms with van der Waals surface area (Å²) in [6.07, 6.45) is 7.60. The van der Waals surface area contributed by atoms with E-state index in [9.17, 15) is 0 Å². The first kappa shape index (κ1) is 21.9. The number of aromatic nitrogens is 1. The van der Waals surface area contributed by atoms with Gasteiger partial charge in [-0.3, -0.25) is 4.98 Å². The molecule has 1 atom stereocenters. The summed E-state index contributed by atoms with van der Waals surface area (Å²) in [7, 11) is 0. The van der Waals surface area contributed by atoms with Crippen molar-refractivity contribution in [3.05, 3.63) is 59.4 Å². The van der Waals surface area contributed by atoms with Gasteiger partial charge in [-0.05, 0) is 57.2 Å². The summed E-state index contributed by atoms with van der Waals surface area (Å²) >= 11 is 0. The topological polar surface area (TPSA) is 58.5 Å². The van der Waals surface area contributed by atoms with Crippen molar-refractivity contribution in [2.75, 3.05) is 6.54 Å². The fourth-order valence-corrected chi connectivity index (χ4v) is 4.40. The quantitative estimate of drug-likeness (QED) is 0.352. The molecule has 0 amide bonds. The lowest BCUT2D eigenvalue weighted by molar-refractivity contribution is 0.0396. The molecule has 1 aliphatic carbocycles. The first-order chi connectivity index (χ1) is 13.7. The van der Waals surface area contributed by atoms with Crippen LogP contribution in [0.3, 0.4) is 0 Å². The molecule has 29 heavy (non-hydrogen) atoms. The maximum Gasteiger partial charge on any atom is 0.192 e. The number of para-hydroxylation sites is 1. The minimum absolute atomic E-state index is 0. The van der Waals surface area contributed by atoms with Crippen molar-refractivity contribution in [2.45, 2.75) is 64.1 Å². The first-order valence-corrected chi connectivity index (χ1v) is 10.4. The van der Waals surface area contributed by atoms with E-state index in [1.807, 2.05) is 12.3 Å². The van der Waals surface area contributed by atoms with Crippen molar-refractivity contribution < 1.29 is 4.74 Å². The average Bonchev–Trinajstić information content (AvgIpc) is 3.14. The van der Waals surface area contributed by atoms with Crippen LogP contribution in [0.1, 0.15) is 61.9 Å². The van der Waals surface area contributed by atoms with E-state index in [1.54, 1.807) is 0 Å². The maximum absolute atomic E-state index is 6.49. The number of rotatable bonds is 4. The van der Waals surface area contributed by atoms with Gasteiger partial charge < -0.3 is 15.4 Å². The van der Waals surface area contributed by atoms with Crippen molar-refractivity contribution in [3.63, 3.8) is 0 Å². The standard InChI is InChI=1S/C23H30N4O.HI/c1-3-24-22(26-16-20-17(2)9-8-14-25-20)27-19-15-23(12-6-7-13-23)28-21-11-5-4-10-18(19)21;/h4-5,8-11,14,19H,3,6-7,12-13,15-16H2,1-2H3,(H2,24,26,27);1H. The van der Waals surface area contributed by atoms with Crippen LogP contribution in [-0.4, -0.2) is 23.1 Å². The number of nitrogens with one attached hydrogen (secondary N) is 2. The molecule has 1 unspecified atom stereocenters. The molecule has 1 fully saturated rings. The van der Waals surface area contributed by atoms with E-state index < -0.39 is 0 Å². The monoisotopic (exact) mass is 506 g/mol. The molecule has 0 saturated heterocycles. The van der Waals surface area contributed by atoms with Gasteiger partial charge in [-0.2, -0.15) is 0 Å². The number of halogens is 1. The van der Waals surface area contributed by atoms with Crippen LogP contribution in [0.25, 0.3) is 0 Å². The molecule has 1 aromatic carbocycles. The summed E-state index contributed by atoms with van der Waals surface area (Å²) in [5.41, 5.74) is 3.38. The molecule has 0 radical (unpaired) electrons. The van der Waals surface area contributed by atoms with Gasteiger partial charge in [0, 0.05) is 24.7 Å². The van der Waals surface area contributed by atoms with Gasteiger partial charge in [-0.1, -0.05) is 24.3 Å². The van der Waals surface area contributed by atoms with Crippen molar-refractivity contribution in [2.24, 2.45) is 4.99 Å². The van der Waals surface area contributed by atoms with Gasteiger partial charge in [-0.25, -0.2) is 4.99 Å². The Morgan fingerprint density at radius 3 is 2.76 bits per heavy atom. The third-order valence-corrected chi connectivity index (χ3v) is 5.87. The van der Waals surface area contributed by atoms with Crippen LogP contribution in [0.5, 0.6) is 5.75 Å².